The first kappa shape index (κ1) is 13.7. The largest absolute Gasteiger partial charge is 0.351 e. The standard InChI is InChI=1S/C16H19N5S/c1-11-12(2)22-16-14(11)15(17-10-18-16)21-8-3-5-13(21)9-20-7-4-6-19-20/h4,6-7,10,13H,3,5,8-9H2,1-2H3/t13-/m0/s1. The minimum Gasteiger partial charge on any atom is -0.351 e. The first-order chi connectivity index (χ1) is 10.7. The van der Waals surface area contributed by atoms with Crippen molar-refractivity contribution in [3.63, 3.8) is 0 Å². The molecule has 3 aromatic rings. The number of hydrogen-bond donors (Lipinski definition) is 0. The lowest BCUT2D eigenvalue weighted by molar-refractivity contribution is 0.508. The molecule has 0 aliphatic carbocycles. The zero-order valence-electron chi connectivity index (χ0n) is 12.9. The average Bonchev–Trinajstić information content (AvgIpc) is 3.23. The van der Waals surface area contributed by atoms with Gasteiger partial charge in [0.05, 0.1) is 18.0 Å². The van der Waals surface area contributed by atoms with Gasteiger partial charge in [0.15, 0.2) is 0 Å². The maximum Gasteiger partial charge on any atom is 0.141 e. The Hall–Kier alpha value is -1.95. The van der Waals surface area contributed by atoms with Crippen LogP contribution in [0, 0.1) is 13.8 Å². The van der Waals surface area contributed by atoms with E-state index in [9.17, 15) is 0 Å². The Bertz CT molecular complexity index is 792. The number of aryl methyl sites for hydroxylation is 2. The molecule has 1 fully saturated rings. The molecule has 0 unspecified atom stereocenters. The molecule has 0 spiro atoms. The summed E-state index contributed by atoms with van der Waals surface area (Å²) >= 11 is 1.76. The third-order valence-corrected chi connectivity index (χ3v) is 5.67. The second-order valence-corrected chi connectivity index (χ2v) is 7.08. The number of anilines is 1. The summed E-state index contributed by atoms with van der Waals surface area (Å²) in [5.74, 6) is 1.10. The van der Waals surface area contributed by atoms with Crippen LogP contribution in [0.5, 0.6) is 0 Å². The van der Waals surface area contributed by atoms with Gasteiger partial charge in [0.1, 0.15) is 17.0 Å². The number of rotatable bonds is 3. The Morgan fingerprint density at radius 3 is 3.05 bits per heavy atom. The monoisotopic (exact) mass is 313 g/mol. The molecule has 6 heteroatoms. The van der Waals surface area contributed by atoms with Crippen LogP contribution in [0.15, 0.2) is 24.8 Å². The van der Waals surface area contributed by atoms with Crippen molar-refractivity contribution in [3.05, 3.63) is 35.2 Å². The molecular formula is C16H19N5S. The van der Waals surface area contributed by atoms with Crippen molar-refractivity contribution in [2.45, 2.75) is 39.3 Å². The minimum absolute atomic E-state index is 0.456. The summed E-state index contributed by atoms with van der Waals surface area (Å²) in [6.07, 6.45) is 7.98. The fourth-order valence-electron chi connectivity index (χ4n) is 3.31. The van der Waals surface area contributed by atoms with Gasteiger partial charge >= 0.3 is 0 Å². The van der Waals surface area contributed by atoms with Crippen molar-refractivity contribution in [1.29, 1.82) is 0 Å². The van der Waals surface area contributed by atoms with Gasteiger partial charge in [0, 0.05) is 23.8 Å². The van der Waals surface area contributed by atoms with Crippen LogP contribution in [0.1, 0.15) is 23.3 Å². The van der Waals surface area contributed by atoms with Crippen LogP contribution >= 0.6 is 11.3 Å². The molecule has 0 amide bonds. The summed E-state index contributed by atoms with van der Waals surface area (Å²) in [6.45, 7) is 6.32. The summed E-state index contributed by atoms with van der Waals surface area (Å²) in [5, 5.41) is 5.58. The highest BCUT2D eigenvalue weighted by atomic mass is 32.1. The van der Waals surface area contributed by atoms with E-state index in [2.05, 4.69) is 33.8 Å². The molecule has 0 radical (unpaired) electrons. The Morgan fingerprint density at radius 1 is 1.32 bits per heavy atom. The van der Waals surface area contributed by atoms with Crippen molar-refractivity contribution in [3.8, 4) is 0 Å². The van der Waals surface area contributed by atoms with E-state index in [4.69, 9.17) is 0 Å². The van der Waals surface area contributed by atoms with Crippen molar-refractivity contribution in [1.82, 2.24) is 19.7 Å². The van der Waals surface area contributed by atoms with E-state index in [0.29, 0.717) is 6.04 Å². The number of hydrogen-bond acceptors (Lipinski definition) is 5. The van der Waals surface area contributed by atoms with E-state index in [1.165, 1.54) is 28.7 Å². The maximum atomic E-state index is 4.63. The summed E-state index contributed by atoms with van der Waals surface area (Å²) in [4.78, 5) is 14.0. The predicted octanol–water partition coefficient (Wildman–Crippen LogP) is 3.17. The maximum absolute atomic E-state index is 4.63. The highest BCUT2D eigenvalue weighted by Gasteiger charge is 2.28. The first-order valence-corrected chi connectivity index (χ1v) is 8.50. The van der Waals surface area contributed by atoms with Gasteiger partial charge < -0.3 is 4.90 Å². The lowest BCUT2D eigenvalue weighted by Crippen LogP contribution is -2.33. The first-order valence-electron chi connectivity index (χ1n) is 7.69. The highest BCUT2D eigenvalue weighted by Crippen LogP contribution is 2.36. The Morgan fingerprint density at radius 2 is 2.23 bits per heavy atom. The second kappa shape index (κ2) is 5.35. The van der Waals surface area contributed by atoms with Crippen molar-refractivity contribution >= 4 is 27.4 Å². The molecule has 114 valence electrons. The molecule has 0 bridgehead atoms. The van der Waals surface area contributed by atoms with Gasteiger partial charge in [-0.05, 0) is 38.3 Å². The number of thiophene rings is 1. The molecule has 0 saturated carbocycles. The van der Waals surface area contributed by atoms with Gasteiger partial charge in [-0.3, -0.25) is 4.68 Å². The van der Waals surface area contributed by atoms with E-state index >= 15 is 0 Å². The van der Waals surface area contributed by atoms with Crippen molar-refractivity contribution in [2.75, 3.05) is 11.4 Å². The molecule has 22 heavy (non-hydrogen) atoms. The van der Waals surface area contributed by atoms with E-state index < -0.39 is 0 Å². The van der Waals surface area contributed by atoms with Crippen molar-refractivity contribution < 1.29 is 0 Å². The molecule has 5 nitrogen and oxygen atoms in total. The average molecular weight is 313 g/mol. The van der Waals surface area contributed by atoms with Gasteiger partial charge in [-0.25, -0.2) is 9.97 Å². The fraction of sp³-hybridized carbons (Fsp3) is 0.438. The number of fused-ring (bicyclic) bond motifs is 1. The minimum atomic E-state index is 0.456. The SMILES string of the molecule is Cc1sc2ncnc(N3CCC[C@H]3Cn3cccn3)c2c1C. The van der Waals surface area contributed by atoms with Gasteiger partial charge in [-0.2, -0.15) is 5.10 Å². The summed E-state index contributed by atoms with van der Waals surface area (Å²) in [7, 11) is 0. The van der Waals surface area contributed by atoms with Gasteiger partial charge in [-0.1, -0.05) is 0 Å². The lowest BCUT2D eigenvalue weighted by Gasteiger charge is -2.26. The molecule has 4 heterocycles. The van der Waals surface area contributed by atoms with Gasteiger partial charge in [0.25, 0.3) is 0 Å². The quantitative estimate of drug-likeness (QED) is 0.745. The topological polar surface area (TPSA) is 46.8 Å². The number of aromatic nitrogens is 4. The van der Waals surface area contributed by atoms with Gasteiger partial charge in [-0.15, -0.1) is 11.3 Å². The summed E-state index contributed by atoms with van der Waals surface area (Å²) in [6, 6.07) is 2.44. The van der Waals surface area contributed by atoms with Crippen molar-refractivity contribution in [2.24, 2.45) is 0 Å². The molecule has 0 aromatic carbocycles. The molecular weight excluding hydrogens is 294 g/mol. The molecule has 3 aromatic heterocycles. The second-order valence-electron chi connectivity index (χ2n) is 5.88. The Labute approximate surface area is 133 Å². The smallest absolute Gasteiger partial charge is 0.141 e. The predicted molar refractivity (Wildman–Crippen MR) is 89.5 cm³/mol. The van der Waals surface area contributed by atoms with Crippen LogP contribution in [0.3, 0.4) is 0 Å². The van der Waals surface area contributed by atoms with E-state index in [1.54, 1.807) is 17.7 Å². The summed E-state index contributed by atoms with van der Waals surface area (Å²) < 4.78 is 2.02. The zero-order chi connectivity index (χ0) is 15.1. The Kier molecular flexibility index (Phi) is 3.33. The molecule has 1 aliphatic rings. The molecule has 1 saturated heterocycles. The van der Waals surface area contributed by atoms with Crippen LogP contribution < -0.4 is 4.90 Å². The van der Waals surface area contributed by atoms with E-state index in [-0.39, 0.29) is 0 Å². The molecule has 1 aliphatic heterocycles. The Balaban J connectivity index is 1.74. The van der Waals surface area contributed by atoms with Crippen LogP contribution in [0.2, 0.25) is 0 Å². The third kappa shape index (κ3) is 2.18. The molecule has 1 atom stereocenters. The van der Waals surface area contributed by atoms with Crippen LogP contribution in [0.25, 0.3) is 10.2 Å². The fourth-order valence-corrected chi connectivity index (χ4v) is 4.30. The van der Waals surface area contributed by atoms with Gasteiger partial charge in [0.2, 0.25) is 0 Å². The summed E-state index contributed by atoms with van der Waals surface area (Å²) in [5.41, 5.74) is 1.32. The van der Waals surface area contributed by atoms with Crippen LogP contribution in [0.4, 0.5) is 5.82 Å². The number of nitrogens with zero attached hydrogens (tertiary/aromatic N) is 5. The van der Waals surface area contributed by atoms with E-state index in [1.807, 2.05) is 23.1 Å². The molecule has 0 N–H and O–H groups in total. The highest BCUT2D eigenvalue weighted by molar-refractivity contribution is 7.18. The normalized spacial score (nSPS) is 18.5. The third-order valence-electron chi connectivity index (χ3n) is 4.55. The van der Waals surface area contributed by atoms with E-state index in [0.717, 1.165) is 23.7 Å². The van der Waals surface area contributed by atoms with Crippen LogP contribution in [-0.4, -0.2) is 32.3 Å². The molecule has 4 rings (SSSR count). The zero-order valence-corrected chi connectivity index (χ0v) is 13.7. The van der Waals surface area contributed by atoms with Crippen LogP contribution in [-0.2, 0) is 6.54 Å². The lowest BCUT2D eigenvalue weighted by atomic mass is 10.2.